The molecule has 11 heteroatoms. The zero-order chi connectivity index (χ0) is 17.6. The zero-order valence-corrected chi connectivity index (χ0v) is 13.9. The van der Waals surface area contributed by atoms with Gasteiger partial charge in [-0.15, -0.1) is 15.3 Å². The maximum atomic E-state index is 12.1. The number of anilines is 1. The minimum Gasteiger partial charge on any atom is -0.461 e. The highest BCUT2D eigenvalue weighted by molar-refractivity contribution is 7.10. The summed E-state index contributed by atoms with van der Waals surface area (Å²) in [5.74, 6) is -0.662. The Labute approximate surface area is 146 Å². The maximum absolute atomic E-state index is 12.1. The molecule has 0 saturated heterocycles. The summed E-state index contributed by atoms with van der Waals surface area (Å²) in [6, 6.07) is 9.28. The Hall–Kier alpha value is -3.21. The molecular formula is C14H13N7O3S. The first-order chi connectivity index (χ1) is 12.2. The van der Waals surface area contributed by atoms with Crippen LogP contribution in [0.5, 0.6) is 0 Å². The second kappa shape index (κ2) is 7.57. The molecule has 0 spiro atoms. The Balaban J connectivity index is 1.65. The van der Waals surface area contributed by atoms with Gasteiger partial charge in [0.2, 0.25) is 17.4 Å². The number of amides is 1. The fourth-order valence-corrected chi connectivity index (χ4v) is 2.49. The molecule has 2 aromatic heterocycles. The summed E-state index contributed by atoms with van der Waals surface area (Å²) in [6.07, 6.45) is 0. The van der Waals surface area contributed by atoms with Crippen molar-refractivity contribution in [1.82, 2.24) is 29.8 Å². The van der Waals surface area contributed by atoms with Gasteiger partial charge in [-0.2, -0.15) is 4.80 Å². The summed E-state index contributed by atoms with van der Waals surface area (Å²) in [7, 11) is 0. The Morgan fingerprint density at radius 1 is 1.24 bits per heavy atom. The molecule has 0 saturated carbocycles. The van der Waals surface area contributed by atoms with Gasteiger partial charge in [-0.05, 0) is 12.1 Å². The summed E-state index contributed by atoms with van der Waals surface area (Å²) in [5, 5.41) is 18.3. The number of tetrazole rings is 1. The van der Waals surface area contributed by atoms with Crippen molar-refractivity contribution in [2.75, 3.05) is 11.9 Å². The van der Waals surface area contributed by atoms with E-state index >= 15 is 0 Å². The van der Waals surface area contributed by atoms with E-state index in [2.05, 4.69) is 30.3 Å². The molecule has 3 rings (SSSR count). The molecule has 0 radical (unpaired) electrons. The third-order valence-electron chi connectivity index (χ3n) is 2.98. The number of benzene rings is 1. The van der Waals surface area contributed by atoms with Crippen LogP contribution in [0.1, 0.15) is 17.4 Å². The lowest BCUT2D eigenvalue weighted by molar-refractivity contribution is -0.117. The molecule has 0 aliphatic carbocycles. The molecule has 2 heterocycles. The van der Waals surface area contributed by atoms with Crippen molar-refractivity contribution in [1.29, 1.82) is 0 Å². The van der Waals surface area contributed by atoms with Crippen LogP contribution in [0.2, 0.25) is 0 Å². The molecule has 0 atom stereocenters. The van der Waals surface area contributed by atoms with Crippen molar-refractivity contribution in [3.63, 3.8) is 0 Å². The van der Waals surface area contributed by atoms with Gasteiger partial charge in [0.15, 0.2) is 5.00 Å². The van der Waals surface area contributed by atoms with Crippen LogP contribution in [0.4, 0.5) is 5.00 Å². The molecule has 0 unspecified atom stereocenters. The first-order valence-electron chi connectivity index (χ1n) is 7.30. The van der Waals surface area contributed by atoms with Gasteiger partial charge < -0.3 is 10.1 Å². The molecule has 25 heavy (non-hydrogen) atoms. The third-order valence-corrected chi connectivity index (χ3v) is 3.62. The number of nitrogens with zero attached hydrogens (tertiary/aromatic N) is 6. The number of hydrogen-bond acceptors (Lipinski definition) is 9. The Kier molecular flexibility index (Phi) is 5.04. The minimum atomic E-state index is -0.642. The van der Waals surface area contributed by atoms with E-state index in [1.54, 1.807) is 6.92 Å². The van der Waals surface area contributed by atoms with Crippen molar-refractivity contribution in [3.8, 4) is 11.4 Å². The highest BCUT2D eigenvalue weighted by Gasteiger charge is 2.20. The number of aromatic nitrogens is 6. The molecule has 3 aromatic rings. The maximum Gasteiger partial charge on any atom is 0.362 e. The quantitative estimate of drug-likeness (QED) is 0.646. The lowest BCUT2D eigenvalue weighted by Gasteiger charge is -2.03. The number of carbonyl (C=O) groups excluding carboxylic acids is 2. The van der Waals surface area contributed by atoms with Crippen molar-refractivity contribution in [3.05, 3.63) is 36.0 Å². The van der Waals surface area contributed by atoms with Crippen LogP contribution >= 0.6 is 11.5 Å². The van der Waals surface area contributed by atoms with Crippen molar-refractivity contribution >= 4 is 28.4 Å². The first kappa shape index (κ1) is 16.6. The second-order valence-corrected chi connectivity index (χ2v) is 5.48. The van der Waals surface area contributed by atoms with Gasteiger partial charge in [0.05, 0.1) is 6.61 Å². The lowest BCUT2D eigenvalue weighted by atomic mass is 10.2. The number of ether oxygens (including phenoxy) is 1. The Bertz CT molecular complexity index is 877. The number of carbonyl (C=O) groups is 2. The van der Waals surface area contributed by atoms with E-state index in [0.717, 1.165) is 21.9 Å². The van der Waals surface area contributed by atoms with Crippen molar-refractivity contribution < 1.29 is 14.3 Å². The normalized spacial score (nSPS) is 10.4. The molecule has 0 fully saturated rings. The van der Waals surface area contributed by atoms with Crippen LogP contribution in [0.25, 0.3) is 11.4 Å². The number of esters is 1. The van der Waals surface area contributed by atoms with Crippen LogP contribution in [0.15, 0.2) is 30.3 Å². The molecule has 0 aliphatic rings. The average Bonchev–Trinajstić information content (AvgIpc) is 3.25. The van der Waals surface area contributed by atoms with Crippen LogP contribution in [0.3, 0.4) is 0 Å². The predicted molar refractivity (Wildman–Crippen MR) is 87.7 cm³/mol. The van der Waals surface area contributed by atoms with Crippen LogP contribution in [-0.2, 0) is 16.1 Å². The van der Waals surface area contributed by atoms with Gasteiger partial charge in [-0.1, -0.05) is 34.8 Å². The number of hydrogen-bond donors (Lipinski definition) is 1. The number of rotatable bonds is 6. The van der Waals surface area contributed by atoms with Gasteiger partial charge in [0, 0.05) is 17.1 Å². The van der Waals surface area contributed by atoms with Gasteiger partial charge in [0.25, 0.3) is 0 Å². The van der Waals surface area contributed by atoms with E-state index in [4.69, 9.17) is 4.74 Å². The van der Waals surface area contributed by atoms with E-state index in [1.807, 2.05) is 30.3 Å². The molecule has 128 valence electrons. The number of nitrogens with one attached hydrogen (secondary N) is 1. The standard InChI is InChI=1S/C14H13N7O3S/c1-2-24-14(23)11-13(25-20-16-11)15-10(22)8-21-18-12(17-19-21)9-6-4-3-5-7-9/h3-7H,2,8H2,1H3,(H,15,22). The largest absolute Gasteiger partial charge is 0.461 e. The summed E-state index contributed by atoms with van der Waals surface area (Å²) in [4.78, 5) is 25.0. The van der Waals surface area contributed by atoms with Crippen molar-refractivity contribution in [2.24, 2.45) is 0 Å². The van der Waals surface area contributed by atoms with Crippen LogP contribution in [-0.4, -0.2) is 48.3 Å². The van der Waals surface area contributed by atoms with Crippen LogP contribution in [0, 0.1) is 0 Å². The first-order valence-corrected chi connectivity index (χ1v) is 8.07. The van der Waals surface area contributed by atoms with Gasteiger partial charge in [0.1, 0.15) is 6.54 Å². The Morgan fingerprint density at radius 2 is 2.04 bits per heavy atom. The molecular weight excluding hydrogens is 346 g/mol. The minimum absolute atomic E-state index is 0.0308. The predicted octanol–water partition coefficient (Wildman–Crippen LogP) is 1.01. The summed E-state index contributed by atoms with van der Waals surface area (Å²) in [5.41, 5.74) is 0.766. The summed E-state index contributed by atoms with van der Waals surface area (Å²) in [6.45, 7) is 1.71. The SMILES string of the molecule is CCOC(=O)c1nnsc1NC(=O)Cn1nnc(-c2ccccc2)n1. The van der Waals surface area contributed by atoms with Gasteiger partial charge in [-0.3, -0.25) is 4.79 Å². The van der Waals surface area contributed by atoms with Crippen LogP contribution < -0.4 is 5.32 Å². The monoisotopic (exact) mass is 359 g/mol. The summed E-state index contributed by atoms with van der Waals surface area (Å²) >= 11 is 0.885. The fraction of sp³-hybridized carbons (Fsp3) is 0.214. The van der Waals surface area contributed by atoms with E-state index in [0.29, 0.717) is 5.82 Å². The van der Waals surface area contributed by atoms with Crippen molar-refractivity contribution in [2.45, 2.75) is 13.5 Å². The van der Waals surface area contributed by atoms with E-state index < -0.39 is 11.9 Å². The molecule has 1 aromatic carbocycles. The molecule has 0 bridgehead atoms. The van der Waals surface area contributed by atoms with E-state index in [1.165, 1.54) is 0 Å². The topological polar surface area (TPSA) is 125 Å². The molecule has 10 nitrogen and oxygen atoms in total. The summed E-state index contributed by atoms with van der Waals surface area (Å²) < 4.78 is 8.51. The van der Waals surface area contributed by atoms with Gasteiger partial charge >= 0.3 is 5.97 Å². The molecule has 0 aliphatic heterocycles. The lowest BCUT2D eigenvalue weighted by Crippen LogP contribution is -2.21. The third kappa shape index (κ3) is 4.01. The molecule has 1 amide bonds. The molecule has 1 N–H and O–H groups in total. The highest BCUT2D eigenvalue weighted by atomic mass is 32.1. The van der Waals surface area contributed by atoms with Gasteiger partial charge in [-0.25, -0.2) is 4.79 Å². The average molecular weight is 359 g/mol. The Morgan fingerprint density at radius 3 is 2.80 bits per heavy atom. The highest BCUT2D eigenvalue weighted by Crippen LogP contribution is 2.18. The fourth-order valence-electron chi connectivity index (χ4n) is 1.91. The van der Waals surface area contributed by atoms with E-state index in [-0.39, 0.29) is 23.8 Å². The second-order valence-electron chi connectivity index (χ2n) is 4.73. The van der Waals surface area contributed by atoms with E-state index in [9.17, 15) is 9.59 Å². The zero-order valence-electron chi connectivity index (χ0n) is 13.1. The smallest absolute Gasteiger partial charge is 0.362 e.